The van der Waals surface area contributed by atoms with Gasteiger partial charge in [0.25, 0.3) is 0 Å². The second-order valence-electron chi connectivity index (χ2n) is 10.1. The molecule has 7 N–H and O–H groups in total. The van der Waals surface area contributed by atoms with Crippen molar-refractivity contribution in [1.29, 1.82) is 21.6 Å². The average Bonchev–Trinajstić information content (AvgIpc) is 2.99. The molecule has 0 bridgehead atoms. The van der Waals surface area contributed by atoms with Crippen LogP contribution in [0.3, 0.4) is 0 Å². The van der Waals surface area contributed by atoms with Crippen LogP contribution >= 0.6 is 0 Å². The van der Waals surface area contributed by atoms with Gasteiger partial charge in [0, 0.05) is 71.6 Å². The minimum Gasteiger partial charge on any atom is -0.426 e. The molecule has 1 fully saturated rings. The lowest BCUT2D eigenvalue weighted by molar-refractivity contribution is 0.241. The Labute approximate surface area is 248 Å². The maximum atomic E-state index is 14.7. The first-order valence-corrected chi connectivity index (χ1v) is 13.7. The van der Waals surface area contributed by atoms with Crippen molar-refractivity contribution in [3.8, 4) is 0 Å². The van der Waals surface area contributed by atoms with E-state index in [1.807, 2.05) is 35.2 Å². The third-order valence-corrected chi connectivity index (χ3v) is 7.11. The van der Waals surface area contributed by atoms with Crippen LogP contribution < -0.4 is 26.5 Å². The fourth-order valence-corrected chi connectivity index (χ4v) is 4.77. The highest BCUT2D eigenvalue weighted by Crippen LogP contribution is 2.24. The van der Waals surface area contributed by atoms with Crippen molar-refractivity contribution in [1.82, 2.24) is 19.8 Å². The Morgan fingerprint density at radius 1 is 1.16 bits per heavy atom. The maximum Gasteiger partial charge on any atom is 0.330 e. The van der Waals surface area contributed by atoms with Gasteiger partial charge in [-0.15, -0.1) is 0 Å². The summed E-state index contributed by atoms with van der Waals surface area (Å²) >= 11 is 0. The van der Waals surface area contributed by atoms with Crippen molar-refractivity contribution in [3.63, 3.8) is 0 Å². The number of likely N-dealkylation sites (N-methyl/N-ethyl adjacent to an activating group) is 1. The van der Waals surface area contributed by atoms with Crippen molar-refractivity contribution < 1.29 is 13.9 Å². The number of carbonyl (C=O) groups excluding carboxylic acids is 1. The first kappa shape index (κ1) is 30.8. The number of ether oxygens (including phenoxy) is 1. The van der Waals surface area contributed by atoms with Gasteiger partial charge in [-0.3, -0.25) is 21.1 Å². The average molecular weight is 590 g/mol. The van der Waals surface area contributed by atoms with Gasteiger partial charge in [-0.05, 0) is 23.8 Å². The van der Waals surface area contributed by atoms with Crippen LogP contribution in [0.25, 0.3) is 0 Å². The quantitative estimate of drug-likeness (QED) is 0.163. The predicted molar refractivity (Wildman–Crippen MR) is 164 cm³/mol. The SMILES string of the molecule is CC(=N)OC(=N)c1ccc(F)c(N2CCN(CCN(C)c3nc(=N)n(C(=O)NCc4ccccc4)c(N)c3C=N)CC2)c1. The number of hydrogen-bond donors (Lipinski definition) is 6. The van der Waals surface area contributed by atoms with E-state index in [1.54, 1.807) is 18.0 Å². The van der Waals surface area contributed by atoms with Crippen LogP contribution in [0.5, 0.6) is 0 Å². The Morgan fingerprint density at radius 2 is 1.86 bits per heavy atom. The van der Waals surface area contributed by atoms with Gasteiger partial charge in [-0.1, -0.05) is 30.3 Å². The monoisotopic (exact) mass is 589 g/mol. The topological polar surface area (TPSA) is 187 Å². The minimum absolute atomic E-state index is 0.0467. The second kappa shape index (κ2) is 13.7. The summed E-state index contributed by atoms with van der Waals surface area (Å²) in [6.45, 7) is 5.30. The number of rotatable bonds is 9. The molecule has 0 aliphatic carbocycles. The Morgan fingerprint density at radius 3 is 2.51 bits per heavy atom. The van der Waals surface area contributed by atoms with E-state index in [0.717, 1.165) is 16.3 Å². The van der Waals surface area contributed by atoms with Crippen LogP contribution in [0, 0.1) is 27.5 Å². The summed E-state index contributed by atoms with van der Waals surface area (Å²) in [6, 6.07) is 13.1. The lowest BCUT2D eigenvalue weighted by Gasteiger charge is -2.37. The van der Waals surface area contributed by atoms with Gasteiger partial charge in [0.1, 0.15) is 17.5 Å². The summed E-state index contributed by atoms with van der Waals surface area (Å²) in [7, 11) is 1.79. The summed E-state index contributed by atoms with van der Waals surface area (Å²) in [4.78, 5) is 23.1. The molecule has 1 saturated heterocycles. The highest BCUT2D eigenvalue weighted by Gasteiger charge is 2.23. The van der Waals surface area contributed by atoms with E-state index < -0.39 is 6.03 Å². The van der Waals surface area contributed by atoms with Crippen molar-refractivity contribution in [2.24, 2.45) is 0 Å². The van der Waals surface area contributed by atoms with Crippen molar-refractivity contribution >= 4 is 41.4 Å². The number of nitrogen functional groups attached to an aromatic ring is 1. The number of nitrogens with zero attached hydrogens (tertiary/aromatic N) is 5. The molecule has 0 saturated carbocycles. The molecule has 3 aromatic rings. The molecule has 1 aliphatic heterocycles. The molecule has 2 aromatic carbocycles. The standard InChI is InChI=1S/C29H36FN11O2/c1-19(32)43-26(34)21-8-9-23(30)24(16-21)40-14-12-39(13-15-40)11-10-38(2)27-22(17-31)25(33)41(28(35)37-27)29(42)36-18-20-6-4-3-5-7-20/h3-9,16-17,31-32,34-35H,10-15,18,33H2,1-2H3,(H,36,42). The molecule has 13 nitrogen and oxygen atoms in total. The second-order valence-corrected chi connectivity index (χ2v) is 10.1. The number of benzene rings is 2. The van der Waals surface area contributed by atoms with Crippen molar-refractivity contribution in [2.75, 3.05) is 61.8 Å². The summed E-state index contributed by atoms with van der Waals surface area (Å²) in [5.41, 5.74) is 7.83. The van der Waals surface area contributed by atoms with Crippen LogP contribution in [0.2, 0.25) is 0 Å². The number of anilines is 3. The molecule has 4 rings (SSSR count). The number of piperazine rings is 1. The first-order chi connectivity index (χ1) is 20.6. The van der Waals surface area contributed by atoms with Crippen LogP contribution in [0.4, 0.5) is 26.5 Å². The summed E-state index contributed by atoms with van der Waals surface area (Å²) in [5, 5.41) is 34.5. The number of nitrogens with two attached hydrogens (primary N) is 1. The van der Waals surface area contributed by atoms with Gasteiger partial charge in [0.05, 0.1) is 11.3 Å². The third kappa shape index (κ3) is 7.40. The summed E-state index contributed by atoms with van der Waals surface area (Å²) < 4.78 is 20.7. The lowest BCUT2D eigenvalue weighted by Crippen LogP contribution is -2.48. The van der Waals surface area contributed by atoms with Crippen LogP contribution in [0.15, 0.2) is 48.5 Å². The number of amides is 1. The maximum absolute atomic E-state index is 14.7. The van der Waals surface area contributed by atoms with Gasteiger partial charge in [-0.25, -0.2) is 13.8 Å². The van der Waals surface area contributed by atoms with Gasteiger partial charge < -0.3 is 31.0 Å². The molecular formula is C29H36FN11O2. The number of halogens is 1. The highest BCUT2D eigenvalue weighted by molar-refractivity contribution is 5.99. The van der Waals surface area contributed by atoms with Gasteiger partial charge in [0.15, 0.2) is 5.90 Å². The fraction of sp³-hybridized carbons (Fsp3) is 0.310. The van der Waals surface area contributed by atoms with E-state index in [9.17, 15) is 9.18 Å². The summed E-state index contributed by atoms with van der Waals surface area (Å²) in [5.74, 6) is -0.427. The van der Waals surface area contributed by atoms with Gasteiger partial charge >= 0.3 is 6.03 Å². The minimum atomic E-state index is -0.606. The molecule has 1 aliphatic rings. The molecule has 14 heteroatoms. The number of carbonyl (C=O) groups is 1. The normalized spacial score (nSPS) is 13.3. The molecule has 0 unspecified atom stereocenters. The van der Waals surface area contributed by atoms with Crippen LogP contribution in [0.1, 0.15) is 23.6 Å². The first-order valence-electron chi connectivity index (χ1n) is 13.7. The third-order valence-electron chi connectivity index (χ3n) is 7.11. The molecule has 1 amide bonds. The highest BCUT2D eigenvalue weighted by atomic mass is 19.1. The van der Waals surface area contributed by atoms with E-state index in [4.69, 9.17) is 32.1 Å². The largest absolute Gasteiger partial charge is 0.426 e. The van der Waals surface area contributed by atoms with E-state index in [-0.39, 0.29) is 41.2 Å². The molecule has 0 spiro atoms. The number of aromatic nitrogens is 2. The molecule has 2 heterocycles. The van der Waals surface area contributed by atoms with E-state index in [1.165, 1.54) is 19.1 Å². The van der Waals surface area contributed by atoms with E-state index >= 15 is 0 Å². The van der Waals surface area contributed by atoms with E-state index in [2.05, 4.69) is 15.2 Å². The van der Waals surface area contributed by atoms with Crippen LogP contribution in [-0.2, 0) is 11.3 Å². The Kier molecular flexibility index (Phi) is 9.83. The fourth-order valence-electron chi connectivity index (χ4n) is 4.77. The zero-order valence-electron chi connectivity index (χ0n) is 24.2. The molecule has 1 aromatic heterocycles. The zero-order chi connectivity index (χ0) is 31.1. The Balaban J connectivity index is 1.37. The van der Waals surface area contributed by atoms with E-state index in [0.29, 0.717) is 56.3 Å². The lowest BCUT2D eigenvalue weighted by atomic mass is 10.1. The molecule has 43 heavy (non-hydrogen) atoms. The molecular weight excluding hydrogens is 553 g/mol. The predicted octanol–water partition coefficient (Wildman–Crippen LogP) is 2.44. The smallest absolute Gasteiger partial charge is 0.330 e. The van der Waals surface area contributed by atoms with Crippen molar-refractivity contribution in [3.05, 3.63) is 76.7 Å². The summed E-state index contributed by atoms with van der Waals surface area (Å²) in [6.07, 6.45) is 1.03. The molecule has 0 radical (unpaired) electrons. The number of hydrogen-bond acceptors (Lipinski definition) is 11. The molecule has 0 atom stereocenters. The molecule has 226 valence electrons. The van der Waals surface area contributed by atoms with Gasteiger partial charge in [0.2, 0.25) is 11.5 Å². The van der Waals surface area contributed by atoms with Crippen LogP contribution in [-0.4, -0.2) is 84.8 Å². The van der Waals surface area contributed by atoms with Gasteiger partial charge in [-0.2, -0.15) is 4.98 Å². The Bertz CT molecular complexity index is 1570. The zero-order valence-corrected chi connectivity index (χ0v) is 24.2. The Hall–Kier alpha value is -5.11. The van der Waals surface area contributed by atoms with Crippen molar-refractivity contribution in [2.45, 2.75) is 13.5 Å². The number of nitrogens with one attached hydrogen (secondary N) is 5.